The lowest BCUT2D eigenvalue weighted by Gasteiger charge is -2.30. The van der Waals surface area contributed by atoms with Crippen molar-refractivity contribution in [2.75, 3.05) is 11.5 Å². The van der Waals surface area contributed by atoms with Gasteiger partial charge >= 0.3 is 0 Å². The fraction of sp³-hybridized carbons (Fsp3) is 0.294. The number of aromatic nitrogens is 2. The summed E-state index contributed by atoms with van der Waals surface area (Å²) in [4.78, 5) is 6.58. The Balaban J connectivity index is 1.84. The Hall–Kier alpha value is -2.18. The first-order chi connectivity index (χ1) is 11.3. The van der Waals surface area contributed by atoms with E-state index in [1.54, 1.807) is 11.3 Å². The monoisotopic (exact) mass is 329 g/mol. The average Bonchev–Trinajstić information content (AvgIpc) is 3.27. The molecule has 1 aromatic carbocycles. The predicted molar refractivity (Wildman–Crippen MR) is 91.4 cm³/mol. The summed E-state index contributed by atoms with van der Waals surface area (Å²) < 4.78 is 5.40. The maximum Gasteiger partial charge on any atom is 0.246 e. The molecule has 0 aliphatic carbocycles. The number of anilines is 1. The van der Waals surface area contributed by atoms with E-state index in [4.69, 9.17) is 4.52 Å². The van der Waals surface area contributed by atoms with Gasteiger partial charge in [-0.3, -0.25) is 0 Å². The van der Waals surface area contributed by atoms with Crippen LogP contribution in [0.2, 0.25) is 0 Å². The van der Waals surface area contributed by atoms with E-state index in [1.807, 2.05) is 47.2 Å². The second-order valence-corrected chi connectivity index (χ2v) is 6.01. The van der Waals surface area contributed by atoms with Crippen molar-refractivity contribution >= 4 is 17.0 Å². The van der Waals surface area contributed by atoms with Crippen molar-refractivity contribution in [3.05, 3.63) is 53.0 Å². The van der Waals surface area contributed by atoms with Crippen molar-refractivity contribution < 1.29 is 9.63 Å². The van der Waals surface area contributed by atoms with Crippen LogP contribution in [0.3, 0.4) is 0 Å². The van der Waals surface area contributed by atoms with E-state index < -0.39 is 0 Å². The minimum absolute atomic E-state index is 0.00824. The van der Waals surface area contributed by atoms with Crippen LogP contribution in [-0.2, 0) is 6.54 Å². The molecule has 0 amide bonds. The summed E-state index contributed by atoms with van der Waals surface area (Å²) in [5.74, 6) is 1.15. The minimum Gasteiger partial charge on any atom is -0.394 e. The third-order valence-electron chi connectivity index (χ3n) is 3.76. The minimum atomic E-state index is 0.00824. The quantitative estimate of drug-likeness (QED) is 0.718. The fourth-order valence-corrected chi connectivity index (χ4v) is 3.11. The average molecular weight is 329 g/mol. The van der Waals surface area contributed by atoms with Gasteiger partial charge in [-0.2, -0.15) is 16.3 Å². The number of nitrogens with zero attached hydrogens (tertiary/aromatic N) is 3. The number of aliphatic hydroxyl groups is 1. The summed E-state index contributed by atoms with van der Waals surface area (Å²) in [5.41, 5.74) is 1.99. The highest BCUT2D eigenvalue weighted by Crippen LogP contribution is 2.23. The molecule has 2 aromatic heterocycles. The summed E-state index contributed by atoms with van der Waals surface area (Å²) in [6, 6.07) is 12.0. The van der Waals surface area contributed by atoms with Crippen LogP contribution in [0.25, 0.3) is 11.4 Å². The lowest BCUT2D eigenvalue weighted by Crippen LogP contribution is -2.37. The van der Waals surface area contributed by atoms with E-state index in [2.05, 4.69) is 22.0 Å². The van der Waals surface area contributed by atoms with Gasteiger partial charge in [0.15, 0.2) is 0 Å². The van der Waals surface area contributed by atoms with Crippen LogP contribution in [-0.4, -0.2) is 27.9 Å². The molecule has 0 aliphatic heterocycles. The first kappa shape index (κ1) is 15.7. The van der Waals surface area contributed by atoms with E-state index >= 15 is 0 Å². The van der Waals surface area contributed by atoms with Gasteiger partial charge in [0.25, 0.3) is 0 Å². The van der Waals surface area contributed by atoms with Crippen LogP contribution in [0.5, 0.6) is 0 Å². The first-order valence-corrected chi connectivity index (χ1v) is 8.53. The van der Waals surface area contributed by atoms with Gasteiger partial charge in [0.1, 0.15) is 0 Å². The zero-order valence-electron chi connectivity index (χ0n) is 12.9. The zero-order chi connectivity index (χ0) is 16.1. The molecule has 1 atom stereocenters. The third-order valence-corrected chi connectivity index (χ3v) is 4.45. The Morgan fingerprint density at radius 1 is 1.26 bits per heavy atom. The highest BCUT2D eigenvalue weighted by atomic mass is 32.1. The van der Waals surface area contributed by atoms with E-state index in [9.17, 15) is 5.11 Å². The lowest BCUT2D eigenvalue weighted by atomic mass is 10.1. The molecule has 0 radical (unpaired) electrons. The molecule has 120 valence electrons. The molecule has 0 bridgehead atoms. The Kier molecular flexibility index (Phi) is 5.05. The lowest BCUT2D eigenvalue weighted by molar-refractivity contribution is 0.251. The van der Waals surface area contributed by atoms with Gasteiger partial charge in [-0.15, -0.1) is 0 Å². The van der Waals surface area contributed by atoms with Gasteiger partial charge in [0.05, 0.1) is 19.2 Å². The number of thiophene rings is 1. The van der Waals surface area contributed by atoms with Crippen LogP contribution < -0.4 is 4.90 Å². The van der Waals surface area contributed by atoms with Gasteiger partial charge in [-0.1, -0.05) is 30.3 Å². The van der Waals surface area contributed by atoms with Gasteiger partial charge in [-0.25, -0.2) is 0 Å². The van der Waals surface area contributed by atoms with Gasteiger partial charge in [0, 0.05) is 16.6 Å². The maximum atomic E-state index is 9.68. The number of benzene rings is 1. The van der Waals surface area contributed by atoms with E-state index in [-0.39, 0.29) is 12.6 Å². The Morgan fingerprint density at radius 3 is 2.74 bits per heavy atom. The SMILES string of the molecule is CCC(CO)N(Cc1nc(-c2ccsc2)no1)c1ccccc1. The van der Waals surface area contributed by atoms with Gasteiger partial charge < -0.3 is 14.5 Å². The first-order valence-electron chi connectivity index (χ1n) is 7.59. The van der Waals surface area contributed by atoms with E-state index in [0.29, 0.717) is 18.3 Å². The standard InChI is InChI=1S/C17H19N3O2S/c1-2-14(11-21)20(15-6-4-3-5-7-15)10-16-18-17(19-22-16)13-8-9-23-12-13/h3-9,12,14,21H,2,10-11H2,1H3. The number of rotatable bonds is 7. The summed E-state index contributed by atoms with van der Waals surface area (Å²) >= 11 is 1.60. The third kappa shape index (κ3) is 3.60. The molecule has 5 nitrogen and oxygen atoms in total. The number of aliphatic hydroxyl groups excluding tert-OH is 1. The zero-order valence-corrected chi connectivity index (χ0v) is 13.7. The van der Waals surface area contributed by atoms with Crippen molar-refractivity contribution in [2.45, 2.75) is 25.9 Å². The van der Waals surface area contributed by atoms with Crippen molar-refractivity contribution in [2.24, 2.45) is 0 Å². The molecule has 0 aliphatic rings. The van der Waals surface area contributed by atoms with Gasteiger partial charge in [0.2, 0.25) is 11.7 Å². The molecule has 2 heterocycles. The Labute approximate surface area is 139 Å². The molecule has 0 spiro atoms. The predicted octanol–water partition coefficient (Wildman–Crippen LogP) is 3.58. The van der Waals surface area contributed by atoms with Crippen LogP contribution in [0.1, 0.15) is 19.2 Å². The van der Waals surface area contributed by atoms with E-state index in [1.165, 1.54) is 0 Å². The summed E-state index contributed by atoms with van der Waals surface area (Å²) in [6.45, 7) is 2.61. The molecule has 1 unspecified atom stereocenters. The normalized spacial score (nSPS) is 12.3. The van der Waals surface area contributed by atoms with Crippen molar-refractivity contribution in [1.82, 2.24) is 10.1 Å². The van der Waals surface area contributed by atoms with Crippen LogP contribution in [0.15, 0.2) is 51.7 Å². The second-order valence-electron chi connectivity index (χ2n) is 5.23. The Bertz CT molecular complexity index is 709. The van der Waals surface area contributed by atoms with Crippen molar-refractivity contribution in [1.29, 1.82) is 0 Å². The highest BCUT2D eigenvalue weighted by Gasteiger charge is 2.20. The number of hydrogen-bond acceptors (Lipinski definition) is 6. The van der Waals surface area contributed by atoms with Gasteiger partial charge in [-0.05, 0) is 30.0 Å². The molecule has 0 saturated carbocycles. The van der Waals surface area contributed by atoms with E-state index in [0.717, 1.165) is 17.7 Å². The largest absolute Gasteiger partial charge is 0.394 e. The molecule has 0 fully saturated rings. The van der Waals surface area contributed by atoms with Crippen molar-refractivity contribution in [3.63, 3.8) is 0 Å². The fourth-order valence-electron chi connectivity index (χ4n) is 2.47. The molecular formula is C17H19N3O2S. The smallest absolute Gasteiger partial charge is 0.246 e. The molecule has 3 aromatic rings. The molecule has 23 heavy (non-hydrogen) atoms. The molecule has 0 saturated heterocycles. The Morgan fingerprint density at radius 2 is 2.09 bits per heavy atom. The second kappa shape index (κ2) is 7.39. The van der Waals surface area contributed by atoms with Crippen LogP contribution in [0.4, 0.5) is 5.69 Å². The number of para-hydroxylation sites is 1. The molecule has 3 rings (SSSR count). The topological polar surface area (TPSA) is 62.4 Å². The summed E-state index contributed by atoms with van der Waals surface area (Å²) in [5, 5.41) is 17.7. The summed E-state index contributed by atoms with van der Waals surface area (Å²) in [6.07, 6.45) is 0.830. The van der Waals surface area contributed by atoms with Crippen LogP contribution >= 0.6 is 11.3 Å². The number of hydrogen-bond donors (Lipinski definition) is 1. The summed E-state index contributed by atoms with van der Waals surface area (Å²) in [7, 11) is 0. The molecular weight excluding hydrogens is 310 g/mol. The molecule has 6 heteroatoms. The van der Waals surface area contributed by atoms with Crippen LogP contribution in [0, 0.1) is 0 Å². The van der Waals surface area contributed by atoms with Crippen molar-refractivity contribution in [3.8, 4) is 11.4 Å². The highest BCUT2D eigenvalue weighted by molar-refractivity contribution is 7.08. The maximum absolute atomic E-state index is 9.68. The molecule has 1 N–H and O–H groups in total.